The summed E-state index contributed by atoms with van der Waals surface area (Å²) in [6.45, 7) is 0. The zero-order chi connectivity index (χ0) is 18.8. The third kappa shape index (κ3) is 4.65. The monoisotopic (exact) mass is 421 g/mol. The van der Waals surface area contributed by atoms with E-state index in [2.05, 4.69) is 0 Å². The lowest BCUT2D eigenvalue weighted by molar-refractivity contribution is -0.141. The topological polar surface area (TPSA) is 74.7 Å². The molecule has 134 valence electrons. The second-order valence-electron chi connectivity index (χ2n) is 5.28. The molecule has 0 aliphatic rings. The van der Waals surface area contributed by atoms with Crippen LogP contribution in [0.25, 0.3) is 0 Å². The fourth-order valence-electron chi connectivity index (χ4n) is 2.20. The summed E-state index contributed by atoms with van der Waals surface area (Å²) in [6.07, 6.45) is -0.0600. The molecule has 0 aromatic heterocycles. The fraction of sp³-hybridized carbons (Fsp3) is 0.188. The number of hydrogen-bond acceptors (Lipinski definition) is 3. The Hall–Kier alpha value is -1.31. The molecule has 0 bridgehead atoms. The van der Waals surface area contributed by atoms with Crippen LogP contribution in [0.4, 0.5) is 0 Å². The Kier molecular flexibility index (Phi) is 6.35. The Labute approximate surface area is 160 Å². The van der Waals surface area contributed by atoms with Crippen LogP contribution in [0.1, 0.15) is 5.56 Å². The highest BCUT2D eigenvalue weighted by molar-refractivity contribution is 7.89. The summed E-state index contributed by atoms with van der Waals surface area (Å²) in [5.41, 5.74) is 0.556. The van der Waals surface area contributed by atoms with Crippen molar-refractivity contribution in [1.29, 1.82) is 0 Å². The molecule has 0 amide bonds. The van der Waals surface area contributed by atoms with Crippen LogP contribution in [0, 0.1) is 0 Å². The first kappa shape index (κ1) is 20.0. The van der Waals surface area contributed by atoms with Gasteiger partial charge in [-0.25, -0.2) is 8.42 Å². The van der Waals surface area contributed by atoms with Crippen LogP contribution in [0.3, 0.4) is 0 Å². The van der Waals surface area contributed by atoms with Gasteiger partial charge in [0.15, 0.2) is 0 Å². The Balaban J connectivity index is 2.33. The first-order valence-corrected chi connectivity index (χ1v) is 9.60. The molecule has 0 heterocycles. The summed E-state index contributed by atoms with van der Waals surface area (Å²) >= 11 is 17.5. The second-order valence-corrected chi connectivity index (χ2v) is 8.53. The van der Waals surface area contributed by atoms with E-state index in [1.807, 2.05) is 0 Å². The van der Waals surface area contributed by atoms with E-state index in [0.717, 1.165) is 4.31 Å². The number of rotatable bonds is 6. The van der Waals surface area contributed by atoms with Crippen molar-refractivity contribution < 1.29 is 18.3 Å². The standard InChI is InChI=1S/C16H14Cl3NO4S/c1-20(25(23,24)12-5-3-11(17)4-6-12)15(16(21)22)9-10-2-7-13(18)14(19)8-10/h2-8,15H,9H2,1H3,(H,21,22)/t15-/m1/s1. The Morgan fingerprint density at radius 2 is 1.68 bits per heavy atom. The van der Waals surface area contributed by atoms with Gasteiger partial charge in [0.2, 0.25) is 10.0 Å². The SMILES string of the molecule is CN([C@H](Cc1ccc(Cl)c(Cl)c1)C(=O)O)S(=O)(=O)c1ccc(Cl)cc1. The summed E-state index contributed by atoms with van der Waals surface area (Å²) in [5, 5.41) is 10.5. The number of carboxylic acid groups (broad SMARTS) is 1. The minimum atomic E-state index is -4.00. The minimum Gasteiger partial charge on any atom is -0.480 e. The highest BCUT2D eigenvalue weighted by atomic mass is 35.5. The lowest BCUT2D eigenvalue weighted by atomic mass is 10.1. The van der Waals surface area contributed by atoms with Crippen LogP contribution in [-0.2, 0) is 21.2 Å². The normalized spacial score (nSPS) is 13.0. The van der Waals surface area contributed by atoms with E-state index in [4.69, 9.17) is 34.8 Å². The van der Waals surface area contributed by atoms with E-state index in [1.165, 1.54) is 43.4 Å². The number of nitrogens with zero attached hydrogens (tertiary/aromatic N) is 1. The maximum absolute atomic E-state index is 12.7. The van der Waals surface area contributed by atoms with Crippen LogP contribution in [-0.4, -0.2) is 36.9 Å². The molecule has 1 atom stereocenters. The molecule has 25 heavy (non-hydrogen) atoms. The predicted molar refractivity (Wildman–Crippen MR) is 98.0 cm³/mol. The van der Waals surface area contributed by atoms with Crippen LogP contribution in [0.5, 0.6) is 0 Å². The van der Waals surface area contributed by atoms with Crippen LogP contribution in [0.2, 0.25) is 15.1 Å². The number of carbonyl (C=O) groups is 1. The van der Waals surface area contributed by atoms with Gasteiger partial charge in [0.1, 0.15) is 6.04 Å². The van der Waals surface area contributed by atoms with Crippen molar-refractivity contribution in [3.63, 3.8) is 0 Å². The van der Waals surface area contributed by atoms with Crippen molar-refractivity contribution in [2.24, 2.45) is 0 Å². The smallest absolute Gasteiger partial charge is 0.322 e. The largest absolute Gasteiger partial charge is 0.480 e. The minimum absolute atomic E-state index is 0.0419. The maximum atomic E-state index is 12.7. The van der Waals surface area contributed by atoms with Crippen molar-refractivity contribution >= 4 is 50.8 Å². The van der Waals surface area contributed by atoms with E-state index >= 15 is 0 Å². The fourth-order valence-corrected chi connectivity index (χ4v) is 3.96. The van der Waals surface area contributed by atoms with Crippen LogP contribution >= 0.6 is 34.8 Å². The molecule has 0 spiro atoms. The van der Waals surface area contributed by atoms with Gasteiger partial charge in [-0.15, -0.1) is 0 Å². The lowest BCUT2D eigenvalue weighted by Crippen LogP contribution is -2.43. The van der Waals surface area contributed by atoms with Gasteiger partial charge in [-0.1, -0.05) is 40.9 Å². The molecule has 9 heteroatoms. The first-order valence-electron chi connectivity index (χ1n) is 7.03. The van der Waals surface area contributed by atoms with Crippen molar-refractivity contribution in [3.05, 3.63) is 63.1 Å². The maximum Gasteiger partial charge on any atom is 0.322 e. The zero-order valence-corrected chi connectivity index (χ0v) is 16.1. The van der Waals surface area contributed by atoms with Crippen molar-refractivity contribution in [2.45, 2.75) is 17.4 Å². The summed E-state index contributed by atoms with van der Waals surface area (Å²) in [4.78, 5) is 11.6. The summed E-state index contributed by atoms with van der Waals surface area (Å²) in [5.74, 6) is -1.27. The molecule has 2 aromatic carbocycles. The third-order valence-corrected chi connectivity index (χ3v) is 6.50. The van der Waals surface area contributed by atoms with E-state index in [0.29, 0.717) is 15.6 Å². The molecule has 0 aliphatic heterocycles. The molecule has 0 radical (unpaired) electrons. The molecule has 1 N–H and O–H groups in total. The Morgan fingerprint density at radius 3 is 2.20 bits per heavy atom. The zero-order valence-electron chi connectivity index (χ0n) is 13.0. The number of benzene rings is 2. The number of halogens is 3. The van der Waals surface area contributed by atoms with Gasteiger partial charge >= 0.3 is 5.97 Å². The number of hydrogen-bond donors (Lipinski definition) is 1. The molecule has 2 rings (SSSR count). The molecular formula is C16H14Cl3NO4S. The highest BCUT2D eigenvalue weighted by Gasteiger charge is 2.33. The average molecular weight is 423 g/mol. The number of likely N-dealkylation sites (N-methyl/N-ethyl adjacent to an activating group) is 1. The van der Waals surface area contributed by atoms with E-state index in [9.17, 15) is 18.3 Å². The number of sulfonamides is 1. The molecule has 5 nitrogen and oxygen atoms in total. The Bertz CT molecular complexity index is 885. The summed E-state index contributed by atoms with van der Waals surface area (Å²) in [6, 6.07) is 8.85. The first-order chi connectivity index (χ1) is 11.6. The molecule has 0 fully saturated rings. The van der Waals surface area contributed by atoms with Crippen molar-refractivity contribution in [3.8, 4) is 0 Å². The molecule has 0 saturated carbocycles. The quantitative estimate of drug-likeness (QED) is 0.764. The van der Waals surface area contributed by atoms with Gasteiger partial charge in [-0.3, -0.25) is 4.79 Å². The van der Waals surface area contributed by atoms with Gasteiger partial charge < -0.3 is 5.11 Å². The van der Waals surface area contributed by atoms with Crippen molar-refractivity contribution in [2.75, 3.05) is 7.05 Å². The van der Waals surface area contributed by atoms with Gasteiger partial charge in [-0.05, 0) is 48.4 Å². The van der Waals surface area contributed by atoms with E-state index < -0.39 is 22.0 Å². The average Bonchev–Trinajstić information content (AvgIpc) is 2.55. The second kappa shape index (κ2) is 7.93. The molecular weight excluding hydrogens is 409 g/mol. The van der Waals surface area contributed by atoms with Gasteiger partial charge in [0.25, 0.3) is 0 Å². The van der Waals surface area contributed by atoms with Crippen molar-refractivity contribution in [1.82, 2.24) is 4.31 Å². The molecule has 0 saturated heterocycles. The molecule has 0 aliphatic carbocycles. The van der Waals surface area contributed by atoms with Gasteiger partial charge in [0, 0.05) is 12.1 Å². The Morgan fingerprint density at radius 1 is 1.08 bits per heavy atom. The van der Waals surface area contributed by atoms with E-state index in [-0.39, 0.29) is 16.3 Å². The van der Waals surface area contributed by atoms with Gasteiger partial charge in [-0.2, -0.15) is 4.31 Å². The van der Waals surface area contributed by atoms with Crippen LogP contribution in [0.15, 0.2) is 47.4 Å². The summed E-state index contributed by atoms with van der Waals surface area (Å²) < 4.78 is 26.2. The molecule has 0 unspecified atom stereocenters. The molecule has 2 aromatic rings. The third-order valence-electron chi connectivity index (χ3n) is 3.63. The van der Waals surface area contributed by atoms with Crippen LogP contribution < -0.4 is 0 Å². The summed E-state index contributed by atoms with van der Waals surface area (Å²) in [7, 11) is -2.78. The number of aliphatic carboxylic acids is 1. The van der Waals surface area contributed by atoms with E-state index in [1.54, 1.807) is 6.07 Å². The number of carboxylic acids is 1. The highest BCUT2D eigenvalue weighted by Crippen LogP contribution is 2.25. The van der Waals surface area contributed by atoms with Gasteiger partial charge in [0.05, 0.1) is 14.9 Å². The lowest BCUT2D eigenvalue weighted by Gasteiger charge is -2.24. The predicted octanol–water partition coefficient (Wildman–Crippen LogP) is 3.96.